The number of ether oxygens (including phenoxy) is 1. The van der Waals surface area contributed by atoms with E-state index in [2.05, 4.69) is 5.32 Å². The van der Waals surface area contributed by atoms with Gasteiger partial charge in [0.2, 0.25) is 0 Å². The topological polar surface area (TPSA) is 75.7 Å². The van der Waals surface area contributed by atoms with Crippen molar-refractivity contribution < 1.29 is 19.1 Å². The fraction of sp³-hybridized carbons (Fsp3) is 0.0690. The SMILES string of the molecule is Cc1ccc(Cl)cc1N1C(=O)NC(=O)/C(=C\c2c(OCc3ccc(Cl)cc3Cl)ccc3ccccc23)C1=O. The maximum Gasteiger partial charge on any atom is 0.335 e. The van der Waals surface area contributed by atoms with Crippen LogP contribution >= 0.6 is 34.8 Å². The molecule has 190 valence electrons. The first kappa shape index (κ1) is 25.8. The Balaban J connectivity index is 1.60. The second kappa shape index (κ2) is 10.5. The summed E-state index contributed by atoms with van der Waals surface area (Å²) in [7, 11) is 0. The van der Waals surface area contributed by atoms with Gasteiger partial charge in [0.1, 0.15) is 17.9 Å². The zero-order valence-electron chi connectivity index (χ0n) is 19.9. The van der Waals surface area contributed by atoms with E-state index < -0.39 is 17.8 Å². The number of anilines is 1. The van der Waals surface area contributed by atoms with E-state index in [0.29, 0.717) is 37.5 Å². The van der Waals surface area contributed by atoms with E-state index in [9.17, 15) is 14.4 Å². The van der Waals surface area contributed by atoms with Crippen molar-refractivity contribution in [1.82, 2.24) is 5.32 Å². The van der Waals surface area contributed by atoms with Crippen LogP contribution in [0, 0.1) is 6.92 Å². The van der Waals surface area contributed by atoms with Gasteiger partial charge in [0, 0.05) is 26.2 Å². The van der Waals surface area contributed by atoms with Crippen LogP contribution in [0.3, 0.4) is 0 Å². The standard InChI is InChI=1S/C29H19Cl3N2O4/c1-16-6-9-20(31)13-25(16)34-28(36)23(27(35)33-29(34)37)14-22-21-5-3-2-4-17(21)8-11-26(22)38-15-18-7-10-19(30)12-24(18)32/h2-14H,15H2,1H3,(H,33,35,37)/b23-14+. The average Bonchev–Trinajstić information content (AvgIpc) is 2.88. The molecule has 6 nitrogen and oxygen atoms in total. The lowest BCUT2D eigenvalue weighted by Crippen LogP contribution is -2.54. The van der Waals surface area contributed by atoms with Gasteiger partial charge >= 0.3 is 6.03 Å². The van der Waals surface area contributed by atoms with Gasteiger partial charge in [-0.3, -0.25) is 14.9 Å². The number of aryl methyl sites for hydroxylation is 1. The fourth-order valence-corrected chi connectivity index (χ4v) is 4.82. The van der Waals surface area contributed by atoms with Gasteiger partial charge in [-0.1, -0.05) is 77.3 Å². The molecule has 9 heteroatoms. The molecule has 4 aromatic rings. The van der Waals surface area contributed by atoms with Crippen LogP contribution in [0.5, 0.6) is 5.75 Å². The number of amides is 4. The Morgan fingerprint density at radius 1 is 0.895 bits per heavy atom. The third-order valence-electron chi connectivity index (χ3n) is 6.13. The monoisotopic (exact) mass is 564 g/mol. The molecule has 5 rings (SSSR count). The molecular formula is C29H19Cl3N2O4. The second-order valence-corrected chi connectivity index (χ2v) is 9.89. The van der Waals surface area contributed by atoms with Crippen molar-refractivity contribution in [3.05, 3.63) is 110 Å². The molecule has 0 saturated carbocycles. The number of imide groups is 2. The molecule has 0 spiro atoms. The Bertz CT molecular complexity index is 1670. The Kier molecular flexibility index (Phi) is 7.13. The summed E-state index contributed by atoms with van der Waals surface area (Å²) in [6, 6.07) is 20.2. The lowest BCUT2D eigenvalue weighted by Gasteiger charge is -2.28. The van der Waals surface area contributed by atoms with E-state index in [0.717, 1.165) is 15.7 Å². The van der Waals surface area contributed by atoms with Crippen molar-refractivity contribution in [2.75, 3.05) is 4.90 Å². The zero-order valence-corrected chi connectivity index (χ0v) is 22.2. The first-order chi connectivity index (χ1) is 18.2. The highest BCUT2D eigenvalue weighted by Gasteiger charge is 2.37. The van der Waals surface area contributed by atoms with Gasteiger partial charge in [0.25, 0.3) is 11.8 Å². The van der Waals surface area contributed by atoms with Crippen LogP contribution < -0.4 is 15.0 Å². The fourth-order valence-electron chi connectivity index (χ4n) is 4.19. The lowest BCUT2D eigenvalue weighted by atomic mass is 9.99. The van der Waals surface area contributed by atoms with Crippen LogP contribution in [0.1, 0.15) is 16.7 Å². The number of carbonyl (C=O) groups is 3. The summed E-state index contributed by atoms with van der Waals surface area (Å²) >= 11 is 18.5. The van der Waals surface area contributed by atoms with Crippen LogP contribution in [-0.2, 0) is 16.2 Å². The summed E-state index contributed by atoms with van der Waals surface area (Å²) in [5, 5.41) is 5.19. The van der Waals surface area contributed by atoms with E-state index in [1.165, 1.54) is 12.1 Å². The number of carbonyl (C=O) groups excluding carboxylic acids is 3. The molecule has 1 aliphatic rings. The third-order valence-corrected chi connectivity index (χ3v) is 6.95. The smallest absolute Gasteiger partial charge is 0.335 e. The first-order valence-electron chi connectivity index (χ1n) is 11.5. The summed E-state index contributed by atoms with van der Waals surface area (Å²) in [6.07, 6.45) is 1.44. The minimum atomic E-state index is -0.853. The number of halogens is 3. The number of nitrogens with one attached hydrogen (secondary N) is 1. The molecular weight excluding hydrogens is 547 g/mol. The van der Waals surface area contributed by atoms with Gasteiger partial charge in [0.15, 0.2) is 0 Å². The summed E-state index contributed by atoms with van der Waals surface area (Å²) < 4.78 is 6.12. The normalized spacial score (nSPS) is 14.8. The third kappa shape index (κ3) is 4.98. The van der Waals surface area contributed by atoms with Crippen LogP contribution in [-0.4, -0.2) is 17.8 Å². The molecule has 38 heavy (non-hydrogen) atoms. The maximum absolute atomic E-state index is 13.6. The van der Waals surface area contributed by atoms with Crippen molar-refractivity contribution in [3.8, 4) is 5.75 Å². The van der Waals surface area contributed by atoms with Crippen LogP contribution in [0.25, 0.3) is 16.8 Å². The number of hydrogen-bond donors (Lipinski definition) is 1. The highest BCUT2D eigenvalue weighted by molar-refractivity contribution is 6.40. The highest BCUT2D eigenvalue weighted by atomic mass is 35.5. The molecule has 0 radical (unpaired) electrons. The molecule has 1 heterocycles. The minimum Gasteiger partial charge on any atom is -0.488 e. The summed E-state index contributed by atoms with van der Waals surface area (Å²) in [5.41, 5.74) is 1.91. The minimum absolute atomic E-state index is 0.122. The molecule has 0 bridgehead atoms. The highest BCUT2D eigenvalue weighted by Crippen LogP contribution is 2.34. The first-order valence-corrected chi connectivity index (χ1v) is 12.6. The molecule has 0 atom stereocenters. The molecule has 1 N–H and O–H groups in total. The van der Waals surface area contributed by atoms with Gasteiger partial charge in [-0.2, -0.15) is 0 Å². The Labute approximate surface area is 233 Å². The summed E-state index contributed by atoms with van der Waals surface area (Å²) in [4.78, 5) is 40.1. The van der Waals surface area contributed by atoms with Crippen LogP contribution in [0.4, 0.5) is 10.5 Å². The van der Waals surface area contributed by atoms with E-state index >= 15 is 0 Å². The van der Waals surface area contributed by atoms with Crippen molar-refractivity contribution >= 4 is 75.2 Å². The van der Waals surface area contributed by atoms with Crippen molar-refractivity contribution in [2.45, 2.75) is 13.5 Å². The van der Waals surface area contributed by atoms with Gasteiger partial charge in [-0.05, 0) is 59.7 Å². The number of rotatable bonds is 5. The number of barbiturate groups is 1. The van der Waals surface area contributed by atoms with E-state index in [-0.39, 0.29) is 17.9 Å². The molecule has 4 amide bonds. The van der Waals surface area contributed by atoms with Gasteiger partial charge < -0.3 is 4.74 Å². The molecule has 1 saturated heterocycles. The van der Waals surface area contributed by atoms with Gasteiger partial charge in [0.05, 0.1) is 5.69 Å². The summed E-state index contributed by atoms with van der Waals surface area (Å²) in [6.45, 7) is 1.86. The van der Waals surface area contributed by atoms with Gasteiger partial charge in [-0.25, -0.2) is 9.69 Å². The van der Waals surface area contributed by atoms with Gasteiger partial charge in [-0.15, -0.1) is 0 Å². The number of benzene rings is 4. The molecule has 1 fully saturated rings. The largest absolute Gasteiger partial charge is 0.488 e. The number of hydrogen-bond acceptors (Lipinski definition) is 4. The number of nitrogens with zero attached hydrogens (tertiary/aromatic N) is 1. The predicted octanol–water partition coefficient (Wildman–Crippen LogP) is 7.35. The second-order valence-electron chi connectivity index (χ2n) is 8.61. The van der Waals surface area contributed by atoms with Crippen molar-refractivity contribution in [2.24, 2.45) is 0 Å². The average molecular weight is 566 g/mol. The van der Waals surface area contributed by atoms with E-state index in [1.807, 2.05) is 30.3 Å². The Hall–Kier alpha value is -3.84. The predicted molar refractivity (Wildman–Crippen MR) is 150 cm³/mol. The Morgan fingerprint density at radius 2 is 1.63 bits per heavy atom. The van der Waals surface area contributed by atoms with Crippen molar-refractivity contribution in [1.29, 1.82) is 0 Å². The molecule has 0 unspecified atom stereocenters. The molecule has 4 aromatic carbocycles. The molecule has 1 aliphatic heterocycles. The van der Waals surface area contributed by atoms with Crippen LogP contribution in [0.2, 0.25) is 15.1 Å². The van der Waals surface area contributed by atoms with E-state index in [4.69, 9.17) is 39.5 Å². The molecule has 0 aromatic heterocycles. The molecule has 0 aliphatic carbocycles. The lowest BCUT2D eigenvalue weighted by molar-refractivity contribution is -0.122. The Morgan fingerprint density at radius 3 is 2.42 bits per heavy atom. The summed E-state index contributed by atoms with van der Waals surface area (Å²) in [5.74, 6) is -1.16. The maximum atomic E-state index is 13.6. The zero-order chi connectivity index (χ0) is 27.0. The van der Waals surface area contributed by atoms with Crippen LogP contribution in [0.15, 0.2) is 78.4 Å². The van der Waals surface area contributed by atoms with E-state index in [1.54, 1.807) is 43.3 Å². The number of urea groups is 1. The quantitative estimate of drug-likeness (QED) is 0.203. The van der Waals surface area contributed by atoms with Crippen molar-refractivity contribution in [3.63, 3.8) is 0 Å². The number of fused-ring (bicyclic) bond motifs is 1.